The SMILES string of the molecule is COc1cccc(C(=O)N(CC(=O)N(CCc2ccc(OC)c(OC)c2)Cc2cccs2)CC(C)C)c1. The Balaban J connectivity index is 1.79. The molecule has 0 atom stereocenters. The van der Waals surface area contributed by atoms with Gasteiger partial charge in [0.15, 0.2) is 11.5 Å². The summed E-state index contributed by atoms with van der Waals surface area (Å²) in [6.07, 6.45) is 0.644. The zero-order chi connectivity index (χ0) is 26.8. The standard InChI is InChI=1S/C29H36N2O5S/c1-21(2)18-31(29(33)23-8-6-9-24(17-23)34-3)20-28(32)30(19-25-10-7-15-37-25)14-13-22-11-12-26(35-4)27(16-22)36-5/h6-12,15-17,21H,13-14,18-20H2,1-5H3. The van der Waals surface area contributed by atoms with Gasteiger partial charge in [-0.15, -0.1) is 11.3 Å². The van der Waals surface area contributed by atoms with Crippen molar-refractivity contribution in [3.63, 3.8) is 0 Å². The van der Waals surface area contributed by atoms with Crippen molar-refractivity contribution in [3.8, 4) is 17.2 Å². The minimum atomic E-state index is -0.183. The van der Waals surface area contributed by atoms with Crippen molar-refractivity contribution in [2.24, 2.45) is 5.92 Å². The van der Waals surface area contributed by atoms with Crippen LogP contribution in [-0.2, 0) is 17.8 Å². The van der Waals surface area contributed by atoms with Crippen molar-refractivity contribution in [1.82, 2.24) is 9.80 Å². The van der Waals surface area contributed by atoms with Crippen LogP contribution in [0.4, 0.5) is 0 Å². The van der Waals surface area contributed by atoms with E-state index in [1.54, 1.807) is 61.8 Å². The van der Waals surface area contributed by atoms with Crippen molar-refractivity contribution >= 4 is 23.2 Å². The van der Waals surface area contributed by atoms with Crippen molar-refractivity contribution < 1.29 is 23.8 Å². The van der Waals surface area contributed by atoms with Crippen LogP contribution in [0.25, 0.3) is 0 Å². The van der Waals surface area contributed by atoms with Gasteiger partial charge in [0.1, 0.15) is 12.3 Å². The monoisotopic (exact) mass is 524 g/mol. The molecule has 0 aliphatic heterocycles. The highest BCUT2D eigenvalue weighted by Gasteiger charge is 2.24. The second kappa shape index (κ2) is 13.7. The molecule has 0 fully saturated rings. The van der Waals surface area contributed by atoms with Crippen LogP contribution in [0.2, 0.25) is 0 Å². The maximum Gasteiger partial charge on any atom is 0.254 e. The minimum Gasteiger partial charge on any atom is -0.497 e. The van der Waals surface area contributed by atoms with Crippen LogP contribution in [-0.4, -0.2) is 62.6 Å². The van der Waals surface area contributed by atoms with E-state index in [4.69, 9.17) is 14.2 Å². The van der Waals surface area contributed by atoms with E-state index in [-0.39, 0.29) is 24.3 Å². The summed E-state index contributed by atoms with van der Waals surface area (Å²) in [5, 5.41) is 2.00. The number of rotatable bonds is 13. The molecule has 0 unspecified atom stereocenters. The van der Waals surface area contributed by atoms with Gasteiger partial charge in [-0.1, -0.05) is 32.0 Å². The van der Waals surface area contributed by atoms with Crippen LogP contribution in [0, 0.1) is 5.92 Å². The second-order valence-electron chi connectivity index (χ2n) is 9.15. The Morgan fingerprint density at radius 2 is 1.68 bits per heavy atom. The highest BCUT2D eigenvalue weighted by molar-refractivity contribution is 7.09. The molecule has 3 rings (SSSR count). The summed E-state index contributed by atoms with van der Waals surface area (Å²) in [6.45, 7) is 5.56. The van der Waals surface area contributed by atoms with Crippen LogP contribution >= 0.6 is 11.3 Å². The smallest absolute Gasteiger partial charge is 0.254 e. The van der Waals surface area contributed by atoms with Crippen LogP contribution in [0.5, 0.6) is 17.2 Å². The lowest BCUT2D eigenvalue weighted by molar-refractivity contribution is -0.132. The molecule has 8 heteroatoms. The molecule has 0 bridgehead atoms. The maximum atomic E-state index is 13.6. The maximum absolute atomic E-state index is 13.6. The first-order valence-corrected chi connectivity index (χ1v) is 13.2. The predicted molar refractivity (Wildman–Crippen MR) is 147 cm³/mol. The Kier molecular flexibility index (Phi) is 10.4. The fourth-order valence-corrected chi connectivity index (χ4v) is 4.76. The van der Waals surface area contributed by atoms with Gasteiger partial charge in [0.2, 0.25) is 5.91 Å². The molecular formula is C29H36N2O5S. The van der Waals surface area contributed by atoms with E-state index in [2.05, 4.69) is 0 Å². The Bertz CT molecular complexity index is 1160. The lowest BCUT2D eigenvalue weighted by Crippen LogP contribution is -2.44. The fraction of sp³-hybridized carbons (Fsp3) is 0.379. The molecule has 0 aliphatic carbocycles. The van der Waals surface area contributed by atoms with E-state index in [9.17, 15) is 9.59 Å². The van der Waals surface area contributed by atoms with Gasteiger partial charge in [-0.3, -0.25) is 9.59 Å². The lowest BCUT2D eigenvalue weighted by atomic mass is 10.1. The summed E-state index contributed by atoms with van der Waals surface area (Å²) in [5.41, 5.74) is 1.54. The normalized spacial score (nSPS) is 10.8. The topological polar surface area (TPSA) is 68.3 Å². The predicted octanol–water partition coefficient (Wildman–Crippen LogP) is 5.14. The summed E-state index contributed by atoms with van der Waals surface area (Å²) >= 11 is 1.61. The summed E-state index contributed by atoms with van der Waals surface area (Å²) < 4.78 is 16.1. The third-order valence-corrected chi connectivity index (χ3v) is 6.77. The van der Waals surface area contributed by atoms with Crippen LogP contribution in [0.3, 0.4) is 0 Å². The highest BCUT2D eigenvalue weighted by atomic mass is 32.1. The van der Waals surface area contributed by atoms with Crippen molar-refractivity contribution in [3.05, 3.63) is 76.0 Å². The Labute approximate surface area is 223 Å². The highest BCUT2D eigenvalue weighted by Crippen LogP contribution is 2.28. The molecule has 0 spiro atoms. The van der Waals surface area contributed by atoms with Crippen LogP contribution in [0.15, 0.2) is 60.0 Å². The molecule has 1 heterocycles. The number of ether oxygens (including phenoxy) is 3. The van der Waals surface area contributed by atoms with E-state index in [0.29, 0.717) is 48.9 Å². The number of hydrogen-bond donors (Lipinski definition) is 0. The summed E-state index contributed by atoms with van der Waals surface area (Å²) in [7, 11) is 4.78. The van der Waals surface area contributed by atoms with Crippen LogP contribution < -0.4 is 14.2 Å². The number of amides is 2. The largest absolute Gasteiger partial charge is 0.497 e. The number of nitrogens with zero attached hydrogens (tertiary/aromatic N) is 2. The van der Waals surface area contributed by atoms with Gasteiger partial charge in [0.05, 0.1) is 27.9 Å². The summed E-state index contributed by atoms with van der Waals surface area (Å²) in [5.74, 6) is 1.86. The molecule has 2 aromatic carbocycles. The molecule has 0 saturated heterocycles. The first kappa shape index (κ1) is 28.1. The molecule has 1 aromatic heterocycles. The molecule has 0 saturated carbocycles. The number of methoxy groups -OCH3 is 3. The van der Waals surface area contributed by atoms with E-state index >= 15 is 0 Å². The number of benzene rings is 2. The first-order valence-electron chi connectivity index (χ1n) is 12.3. The van der Waals surface area contributed by atoms with Gasteiger partial charge in [-0.25, -0.2) is 0 Å². The zero-order valence-corrected chi connectivity index (χ0v) is 23.0. The van der Waals surface area contributed by atoms with E-state index < -0.39 is 0 Å². The van der Waals surface area contributed by atoms with Crippen molar-refractivity contribution in [2.45, 2.75) is 26.8 Å². The summed E-state index contributed by atoms with van der Waals surface area (Å²) in [4.78, 5) is 31.6. The van der Waals surface area contributed by atoms with Gasteiger partial charge in [0.25, 0.3) is 5.91 Å². The lowest BCUT2D eigenvalue weighted by Gasteiger charge is -2.29. The number of hydrogen-bond acceptors (Lipinski definition) is 6. The van der Waals surface area contributed by atoms with Gasteiger partial charge in [-0.05, 0) is 59.7 Å². The van der Waals surface area contributed by atoms with E-state index in [1.165, 1.54) is 0 Å². The third kappa shape index (κ3) is 7.98. The second-order valence-corrected chi connectivity index (χ2v) is 10.2. The molecule has 0 radical (unpaired) electrons. The molecule has 0 N–H and O–H groups in total. The Hall–Kier alpha value is -3.52. The first-order chi connectivity index (χ1) is 17.8. The molecule has 3 aromatic rings. The quantitative estimate of drug-likeness (QED) is 0.310. The van der Waals surface area contributed by atoms with Gasteiger partial charge in [-0.2, -0.15) is 0 Å². The third-order valence-electron chi connectivity index (χ3n) is 5.91. The van der Waals surface area contributed by atoms with E-state index in [0.717, 1.165) is 10.4 Å². The molecule has 2 amide bonds. The van der Waals surface area contributed by atoms with Crippen LogP contribution in [0.1, 0.15) is 34.6 Å². The van der Waals surface area contributed by atoms with Gasteiger partial charge in [0, 0.05) is 23.5 Å². The van der Waals surface area contributed by atoms with Crippen molar-refractivity contribution in [1.29, 1.82) is 0 Å². The number of carbonyl (C=O) groups is 2. The number of thiophene rings is 1. The van der Waals surface area contributed by atoms with Gasteiger partial charge < -0.3 is 24.0 Å². The van der Waals surface area contributed by atoms with E-state index in [1.807, 2.05) is 54.5 Å². The number of carbonyl (C=O) groups excluding carboxylic acids is 2. The Morgan fingerprint density at radius 1 is 0.892 bits per heavy atom. The molecular weight excluding hydrogens is 488 g/mol. The van der Waals surface area contributed by atoms with Gasteiger partial charge >= 0.3 is 0 Å². The fourth-order valence-electron chi connectivity index (χ4n) is 4.04. The average molecular weight is 525 g/mol. The zero-order valence-electron chi connectivity index (χ0n) is 22.2. The van der Waals surface area contributed by atoms with Crippen molar-refractivity contribution in [2.75, 3.05) is 41.0 Å². The average Bonchev–Trinajstić information content (AvgIpc) is 3.43. The Morgan fingerprint density at radius 3 is 2.32 bits per heavy atom. The molecule has 0 aliphatic rings. The minimum absolute atomic E-state index is 0.00549. The molecule has 198 valence electrons. The molecule has 7 nitrogen and oxygen atoms in total. The molecule has 37 heavy (non-hydrogen) atoms. The summed E-state index contributed by atoms with van der Waals surface area (Å²) in [6, 6.07) is 16.8.